The van der Waals surface area contributed by atoms with Crippen LogP contribution in [0.4, 0.5) is 10.5 Å². The molecule has 0 bridgehead atoms. The average molecular weight is 524 g/mol. The Kier molecular flexibility index (Phi) is 9.20. The molecular formula is C27H29N3O8. The van der Waals surface area contributed by atoms with Crippen LogP contribution in [0.3, 0.4) is 0 Å². The van der Waals surface area contributed by atoms with Crippen LogP contribution in [0.25, 0.3) is 5.57 Å². The number of carbonyl (C=O) groups is 4. The predicted octanol–water partition coefficient (Wildman–Crippen LogP) is 3.16. The van der Waals surface area contributed by atoms with Crippen molar-refractivity contribution in [3.8, 4) is 0 Å². The number of amidine groups is 1. The highest BCUT2D eigenvalue weighted by molar-refractivity contribution is 6.29. The highest BCUT2D eigenvalue weighted by Gasteiger charge is 2.33. The summed E-state index contributed by atoms with van der Waals surface area (Å²) in [6.07, 6.45) is -1.25. The van der Waals surface area contributed by atoms with Crippen LogP contribution in [0.2, 0.25) is 0 Å². The number of hydrogen-bond donors (Lipinski definition) is 2. The first-order valence-electron chi connectivity index (χ1n) is 11.7. The zero-order chi connectivity index (χ0) is 27.8. The van der Waals surface area contributed by atoms with Gasteiger partial charge in [-0.2, -0.15) is 0 Å². The highest BCUT2D eigenvalue weighted by atomic mass is 16.7. The molecule has 11 nitrogen and oxygen atoms in total. The number of ether oxygens (including phenoxy) is 4. The number of aryl methyl sites for hydroxylation is 1. The van der Waals surface area contributed by atoms with E-state index in [1.54, 1.807) is 29.2 Å². The monoisotopic (exact) mass is 523 g/mol. The highest BCUT2D eigenvalue weighted by Crippen LogP contribution is 2.32. The number of nitrogens with zero attached hydrogens (tertiary/aromatic N) is 1. The van der Waals surface area contributed by atoms with Gasteiger partial charge in [0, 0.05) is 31.5 Å². The number of carbonyl (C=O) groups excluding carboxylic acids is 4. The van der Waals surface area contributed by atoms with Gasteiger partial charge in [0.05, 0.1) is 26.3 Å². The summed E-state index contributed by atoms with van der Waals surface area (Å²) in [5.74, 6) is -0.846. The Labute approximate surface area is 219 Å². The third kappa shape index (κ3) is 6.96. The predicted molar refractivity (Wildman–Crippen MR) is 137 cm³/mol. The lowest BCUT2D eigenvalue weighted by molar-refractivity contribution is -0.161. The fraction of sp³-hybridized carbons (Fsp3) is 0.296. The van der Waals surface area contributed by atoms with E-state index in [0.717, 1.165) is 5.56 Å². The van der Waals surface area contributed by atoms with Gasteiger partial charge in [-0.1, -0.05) is 24.3 Å². The number of alkyl carbamates (subject to hydrolysis) is 1. The van der Waals surface area contributed by atoms with Gasteiger partial charge in [0.1, 0.15) is 11.6 Å². The van der Waals surface area contributed by atoms with Crippen LogP contribution >= 0.6 is 0 Å². The third-order valence-electron chi connectivity index (χ3n) is 5.67. The smallest absolute Gasteiger partial charge is 0.415 e. The molecule has 1 unspecified atom stereocenters. The first-order chi connectivity index (χ1) is 18.1. The summed E-state index contributed by atoms with van der Waals surface area (Å²) in [5.41, 5.74) is 3.03. The summed E-state index contributed by atoms with van der Waals surface area (Å²) < 4.78 is 19.8. The van der Waals surface area contributed by atoms with Crippen molar-refractivity contribution in [1.29, 1.82) is 5.41 Å². The molecule has 0 radical (unpaired) electrons. The largest absolute Gasteiger partial charge is 0.498 e. The zero-order valence-corrected chi connectivity index (χ0v) is 21.5. The van der Waals surface area contributed by atoms with Crippen molar-refractivity contribution in [3.63, 3.8) is 0 Å². The van der Waals surface area contributed by atoms with Crippen molar-refractivity contribution in [2.75, 3.05) is 25.7 Å². The van der Waals surface area contributed by atoms with Gasteiger partial charge in [-0.15, -0.1) is 0 Å². The Hall–Kier alpha value is -4.67. The number of nitrogens with one attached hydrogen (secondary N) is 2. The summed E-state index contributed by atoms with van der Waals surface area (Å²) in [5, 5.41) is 10.4. The minimum Gasteiger partial charge on any atom is -0.498 e. The van der Waals surface area contributed by atoms with E-state index in [1.165, 1.54) is 28.1 Å². The lowest BCUT2D eigenvalue weighted by atomic mass is 10.0. The lowest BCUT2D eigenvalue weighted by Crippen LogP contribution is -2.34. The summed E-state index contributed by atoms with van der Waals surface area (Å²) in [4.78, 5) is 49.1. The van der Waals surface area contributed by atoms with Crippen LogP contribution < -0.4 is 10.2 Å². The number of benzene rings is 2. The summed E-state index contributed by atoms with van der Waals surface area (Å²) >= 11 is 0. The van der Waals surface area contributed by atoms with Crippen LogP contribution in [-0.4, -0.2) is 56.8 Å². The summed E-state index contributed by atoms with van der Waals surface area (Å²) in [6.45, 7) is 2.79. The number of esters is 2. The molecule has 1 aliphatic heterocycles. The maximum absolute atomic E-state index is 13.3. The number of hydrogen-bond acceptors (Lipinski definition) is 9. The molecule has 2 amide bonds. The average Bonchev–Trinajstić information content (AvgIpc) is 3.22. The number of methoxy groups -OCH3 is 2. The van der Waals surface area contributed by atoms with Crippen molar-refractivity contribution in [1.82, 2.24) is 5.32 Å². The molecule has 0 saturated heterocycles. The second kappa shape index (κ2) is 12.5. The van der Waals surface area contributed by atoms with Crippen LogP contribution in [0.5, 0.6) is 0 Å². The Bertz CT molecular complexity index is 1250. The summed E-state index contributed by atoms with van der Waals surface area (Å²) in [7, 11) is 2.86. The van der Waals surface area contributed by atoms with Crippen molar-refractivity contribution in [2.24, 2.45) is 0 Å². The molecule has 3 rings (SSSR count). The molecule has 0 aliphatic carbocycles. The molecular weight excluding hydrogens is 494 g/mol. The third-order valence-corrected chi connectivity index (χ3v) is 5.67. The molecule has 1 atom stereocenters. The Morgan fingerprint density at radius 1 is 1.03 bits per heavy atom. The first-order valence-corrected chi connectivity index (χ1v) is 11.7. The van der Waals surface area contributed by atoms with Gasteiger partial charge in [-0.25, -0.2) is 4.79 Å². The van der Waals surface area contributed by atoms with E-state index in [4.69, 9.17) is 19.6 Å². The molecule has 0 saturated carbocycles. The molecule has 2 aromatic carbocycles. The molecule has 38 heavy (non-hydrogen) atoms. The minimum absolute atomic E-state index is 0.226. The van der Waals surface area contributed by atoms with Gasteiger partial charge in [0.15, 0.2) is 0 Å². The molecule has 11 heteroatoms. The van der Waals surface area contributed by atoms with E-state index in [1.807, 2.05) is 24.3 Å². The Morgan fingerprint density at radius 2 is 1.68 bits per heavy atom. The SMILES string of the molecule is COC(=O)CCc1ccc(C2=C(OC)CN(c3ccc(C(=N)NC(=O)OC(C)OC(C)=O)cc3)C2=O)cc1. The number of anilines is 1. The van der Waals surface area contributed by atoms with Crippen molar-refractivity contribution >= 4 is 41.0 Å². The van der Waals surface area contributed by atoms with Gasteiger partial charge >= 0.3 is 18.0 Å². The molecule has 200 valence electrons. The molecule has 2 aromatic rings. The molecule has 0 fully saturated rings. The van der Waals surface area contributed by atoms with E-state index in [0.29, 0.717) is 34.6 Å². The maximum atomic E-state index is 13.3. The molecule has 1 heterocycles. The topological polar surface area (TPSA) is 144 Å². The van der Waals surface area contributed by atoms with Crippen LogP contribution in [-0.2, 0) is 39.8 Å². The molecule has 2 N–H and O–H groups in total. The van der Waals surface area contributed by atoms with Crippen molar-refractivity contribution in [2.45, 2.75) is 33.0 Å². The molecule has 0 aromatic heterocycles. The van der Waals surface area contributed by atoms with Gasteiger partial charge in [-0.05, 0) is 41.8 Å². The fourth-order valence-electron chi connectivity index (χ4n) is 3.82. The molecule has 0 spiro atoms. The standard InChI is InChI=1S/C27H29N3O8/c1-16(31)37-17(2)38-27(34)29-25(28)20-10-12-21(13-11-20)30-15-22(35-3)24(26(30)33)19-8-5-18(6-9-19)7-14-23(32)36-4/h5-6,8-13,17H,7,14-15H2,1-4H3,(H2,28,29,34). The molecule has 1 aliphatic rings. The van der Waals surface area contributed by atoms with E-state index >= 15 is 0 Å². The maximum Gasteiger partial charge on any atom is 0.415 e. The van der Waals surface area contributed by atoms with Crippen LogP contribution in [0, 0.1) is 5.41 Å². The normalized spacial score (nSPS) is 13.6. The van der Waals surface area contributed by atoms with E-state index in [-0.39, 0.29) is 30.7 Å². The van der Waals surface area contributed by atoms with Crippen LogP contribution in [0.1, 0.15) is 37.0 Å². The summed E-state index contributed by atoms with van der Waals surface area (Å²) in [6, 6.07) is 13.8. The zero-order valence-electron chi connectivity index (χ0n) is 21.5. The second-order valence-corrected chi connectivity index (χ2v) is 8.30. The quantitative estimate of drug-likeness (QED) is 0.221. The first kappa shape index (κ1) is 27.9. The van der Waals surface area contributed by atoms with Crippen LogP contribution in [0.15, 0.2) is 54.3 Å². The van der Waals surface area contributed by atoms with Crippen molar-refractivity contribution < 1.29 is 38.1 Å². The number of amides is 2. The lowest BCUT2D eigenvalue weighted by Gasteiger charge is -2.17. The van der Waals surface area contributed by atoms with Gasteiger partial charge in [0.2, 0.25) is 6.29 Å². The minimum atomic E-state index is -1.10. The number of rotatable bonds is 9. The van der Waals surface area contributed by atoms with Crippen molar-refractivity contribution in [3.05, 3.63) is 71.0 Å². The second-order valence-electron chi connectivity index (χ2n) is 8.30. The Morgan fingerprint density at radius 3 is 2.26 bits per heavy atom. The fourth-order valence-corrected chi connectivity index (χ4v) is 3.82. The van der Waals surface area contributed by atoms with E-state index in [9.17, 15) is 19.2 Å². The van der Waals surface area contributed by atoms with Gasteiger partial charge in [0.25, 0.3) is 5.91 Å². The van der Waals surface area contributed by atoms with Gasteiger partial charge in [-0.3, -0.25) is 25.1 Å². The van der Waals surface area contributed by atoms with E-state index in [2.05, 4.69) is 10.1 Å². The Balaban J connectivity index is 1.66. The van der Waals surface area contributed by atoms with Gasteiger partial charge < -0.3 is 23.8 Å². The van der Waals surface area contributed by atoms with E-state index < -0.39 is 18.4 Å².